The topological polar surface area (TPSA) is 85.9 Å². The van der Waals surface area contributed by atoms with E-state index < -0.39 is 5.95 Å². The Morgan fingerprint density at radius 3 is 3.03 bits per heavy atom. The zero-order chi connectivity index (χ0) is 20.0. The number of nitrogens with zero attached hydrogens (tertiary/aromatic N) is 5. The van der Waals surface area contributed by atoms with Gasteiger partial charge in [0, 0.05) is 10.9 Å². The summed E-state index contributed by atoms with van der Waals surface area (Å²) in [5.74, 6) is 0.337. The maximum atomic E-state index is 14.2. The van der Waals surface area contributed by atoms with E-state index in [1.165, 1.54) is 0 Å². The van der Waals surface area contributed by atoms with Crippen molar-refractivity contribution < 1.29 is 13.9 Å². The second-order valence-electron chi connectivity index (χ2n) is 7.68. The molecule has 1 aromatic carbocycles. The summed E-state index contributed by atoms with van der Waals surface area (Å²) in [6, 6.07) is 8.01. The van der Waals surface area contributed by atoms with Crippen LogP contribution in [0.3, 0.4) is 0 Å². The third-order valence-electron chi connectivity index (χ3n) is 5.80. The summed E-state index contributed by atoms with van der Waals surface area (Å²) in [6.07, 6.45) is 3.89. The van der Waals surface area contributed by atoms with E-state index in [0.717, 1.165) is 29.5 Å². The molecule has 2 aliphatic rings. The molecule has 0 unspecified atom stereocenters. The Hall–Kier alpha value is -3.05. The van der Waals surface area contributed by atoms with Crippen LogP contribution in [0.2, 0.25) is 0 Å². The summed E-state index contributed by atoms with van der Waals surface area (Å²) >= 11 is 0. The monoisotopic (exact) mass is 393 g/mol. The van der Waals surface area contributed by atoms with E-state index >= 15 is 0 Å². The lowest BCUT2D eigenvalue weighted by molar-refractivity contribution is 0.107. The second-order valence-corrected chi connectivity index (χ2v) is 7.68. The minimum atomic E-state index is -0.458. The Kier molecular flexibility index (Phi) is 4.40. The van der Waals surface area contributed by atoms with Crippen molar-refractivity contribution >= 4 is 10.9 Å². The molecular weight excluding hydrogens is 373 g/mol. The summed E-state index contributed by atoms with van der Waals surface area (Å²) in [6.45, 7) is 2.75. The fraction of sp³-hybridized carbons (Fsp3) is 0.429. The maximum absolute atomic E-state index is 14.2. The van der Waals surface area contributed by atoms with Crippen molar-refractivity contribution in [1.29, 1.82) is 5.26 Å². The van der Waals surface area contributed by atoms with Crippen molar-refractivity contribution in [3.05, 3.63) is 47.2 Å². The summed E-state index contributed by atoms with van der Waals surface area (Å²) in [7, 11) is 0. The smallest absolute Gasteiger partial charge is 0.219 e. The van der Waals surface area contributed by atoms with Crippen LogP contribution in [0.15, 0.2) is 24.4 Å². The van der Waals surface area contributed by atoms with E-state index in [9.17, 15) is 4.39 Å². The van der Waals surface area contributed by atoms with Gasteiger partial charge in [-0.3, -0.25) is 0 Å². The van der Waals surface area contributed by atoms with Crippen LogP contribution in [-0.4, -0.2) is 26.6 Å². The highest BCUT2D eigenvalue weighted by atomic mass is 19.1. The molecule has 1 saturated carbocycles. The number of benzene rings is 1. The van der Waals surface area contributed by atoms with Gasteiger partial charge in [-0.25, -0.2) is 9.67 Å². The molecular formula is C21H20FN5O2. The van der Waals surface area contributed by atoms with Crippen LogP contribution >= 0.6 is 0 Å². The molecule has 1 aliphatic heterocycles. The van der Waals surface area contributed by atoms with Gasteiger partial charge in [0.2, 0.25) is 5.95 Å². The Morgan fingerprint density at radius 2 is 2.21 bits per heavy atom. The van der Waals surface area contributed by atoms with Crippen LogP contribution in [0.4, 0.5) is 4.39 Å². The van der Waals surface area contributed by atoms with Crippen LogP contribution < -0.4 is 4.74 Å². The SMILES string of the molecule is C[C@@H](Oc1ccc2nc(F)c3c(c2c1)CCOC3)c1cn(C2CC(C#N)C2)nn1. The molecule has 3 heterocycles. The van der Waals surface area contributed by atoms with Crippen molar-refractivity contribution in [3.8, 4) is 11.8 Å². The fourth-order valence-electron chi connectivity index (χ4n) is 4.00. The lowest BCUT2D eigenvalue weighted by atomic mass is 9.81. The van der Waals surface area contributed by atoms with Crippen LogP contribution in [0.5, 0.6) is 5.75 Å². The molecule has 2 aromatic heterocycles. The van der Waals surface area contributed by atoms with Crippen molar-refractivity contribution in [3.63, 3.8) is 0 Å². The Balaban J connectivity index is 1.37. The molecule has 5 rings (SSSR count). The highest BCUT2D eigenvalue weighted by molar-refractivity contribution is 5.84. The van der Waals surface area contributed by atoms with Gasteiger partial charge in [-0.15, -0.1) is 5.10 Å². The molecule has 1 fully saturated rings. The average molecular weight is 393 g/mol. The number of nitriles is 1. The van der Waals surface area contributed by atoms with Gasteiger partial charge in [0.05, 0.1) is 43.0 Å². The summed E-state index contributed by atoms with van der Waals surface area (Å²) < 4.78 is 27.5. The van der Waals surface area contributed by atoms with E-state index in [1.54, 1.807) is 12.1 Å². The first kappa shape index (κ1) is 18.0. The molecule has 3 aromatic rings. The number of halogens is 1. The zero-order valence-electron chi connectivity index (χ0n) is 16.0. The van der Waals surface area contributed by atoms with E-state index in [4.69, 9.17) is 14.7 Å². The molecule has 0 N–H and O–H groups in total. The normalized spacial score (nSPS) is 21.8. The Bertz CT molecular complexity index is 1120. The van der Waals surface area contributed by atoms with Gasteiger partial charge in [0.1, 0.15) is 17.5 Å². The number of rotatable bonds is 4. The maximum Gasteiger partial charge on any atom is 0.219 e. The summed E-state index contributed by atoms with van der Waals surface area (Å²) in [5, 5.41) is 18.3. The minimum absolute atomic E-state index is 0.119. The molecule has 1 aliphatic carbocycles. The minimum Gasteiger partial charge on any atom is -0.484 e. The van der Waals surface area contributed by atoms with Crippen molar-refractivity contribution in [2.24, 2.45) is 5.92 Å². The molecule has 148 valence electrons. The molecule has 0 spiro atoms. The third kappa shape index (κ3) is 3.21. The van der Waals surface area contributed by atoms with E-state index in [0.29, 0.717) is 29.9 Å². The molecule has 8 heteroatoms. The molecule has 0 radical (unpaired) electrons. The Morgan fingerprint density at radius 1 is 1.34 bits per heavy atom. The van der Waals surface area contributed by atoms with Gasteiger partial charge >= 0.3 is 0 Å². The largest absolute Gasteiger partial charge is 0.484 e. The van der Waals surface area contributed by atoms with Crippen molar-refractivity contribution in [2.75, 3.05) is 6.61 Å². The number of aromatic nitrogens is 4. The lowest BCUT2D eigenvalue weighted by Crippen LogP contribution is -2.26. The predicted molar refractivity (Wildman–Crippen MR) is 102 cm³/mol. The summed E-state index contributed by atoms with van der Waals surface area (Å²) in [5.41, 5.74) is 2.83. The fourth-order valence-corrected chi connectivity index (χ4v) is 4.00. The number of fused-ring (bicyclic) bond motifs is 3. The standard InChI is InChI=1S/C21H20FN5O2/c1-12(20-10-27(26-25-20)14-6-13(7-14)9-23)29-15-2-3-19-17(8-15)16-4-5-28-11-18(16)21(22)24-19/h2-3,8,10,12-14H,4-7,11H2,1H3/t12-,13?,14?/m1/s1. The number of pyridine rings is 1. The molecule has 0 amide bonds. The first-order valence-corrected chi connectivity index (χ1v) is 9.79. The number of hydrogen-bond donors (Lipinski definition) is 0. The second kappa shape index (κ2) is 7.08. The molecule has 0 saturated heterocycles. The van der Waals surface area contributed by atoms with Crippen LogP contribution in [0, 0.1) is 23.2 Å². The molecule has 0 bridgehead atoms. The predicted octanol–water partition coefficient (Wildman–Crippen LogP) is 3.65. The van der Waals surface area contributed by atoms with Gasteiger partial charge in [-0.2, -0.15) is 9.65 Å². The van der Waals surface area contributed by atoms with Gasteiger partial charge < -0.3 is 9.47 Å². The highest BCUT2D eigenvalue weighted by Gasteiger charge is 2.31. The van der Waals surface area contributed by atoms with Crippen molar-refractivity contribution in [1.82, 2.24) is 20.0 Å². The molecule has 7 nitrogen and oxygen atoms in total. The number of hydrogen-bond acceptors (Lipinski definition) is 6. The van der Waals surface area contributed by atoms with E-state index in [-0.39, 0.29) is 24.7 Å². The van der Waals surface area contributed by atoms with Gasteiger partial charge in [-0.05, 0) is 49.9 Å². The average Bonchev–Trinajstić information content (AvgIpc) is 3.18. The van der Waals surface area contributed by atoms with Crippen LogP contribution in [0.25, 0.3) is 10.9 Å². The molecule has 29 heavy (non-hydrogen) atoms. The Labute approximate surface area is 167 Å². The summed E-state index contributed by atoms with van der Waals surface area (Å²) in [4.78, 5) is 4.07. The van der Waals surface area contributed by atoms with Crippen LogP contribution in [-0.2, 0) is 17.8 Å². The first-order valence-electron chi connectivity index (χ1n) is 9.79. The van der Waals surface area contributed by atoms with Crippen molar-refractivity contribution in [2.45, 2.75) is 44.9 Å². The highest BCUT2D eigenvalue weighted by Crippen LogP contribution is 2.37. The van der Waals surface area contributed by atoms with Crippen LogP contribution in [0.1, 0.15) is 48.7 Å². The zero-order valence-corrected chi connectivity index (χ0v) is 16.0. The quantitative estimate of drug-likeness (QED) is 0.629. The third-order valence-corrected chi connectivity index (χ3v) is 5.80. The first-order chi connectivity index (χ1) is 14.1. The van der Waals surface area contributed by atoms with Gasteiger partial charge in [0.15, 0.2) is 0 Å². The van der Waals surface area contributed by atoms with Gasteiger partial charge in [-0.1, -0.05) is 5.21 Å². The van der Waals surface area contributed by atoms with Gasteiger partial charge in [0.25, 0.3) is 0 Å². The molecule has 1 atom stereocenters. The van der Waals surface area contributed by atoms with E-state index in [2.05, 4.69) is 21.4 Å². The number of ether oxygens (including phenoxy) is 2. The van der Waals surface area contributed by atoms with E-state index in [1.807, 2.05) is 23.9 Å². The lowest BCUT2D eigenvalue weighted by Gasteiger charge is -2.29.